The van der Waals surface area contributed by atoms with Gasteiger partial charge in [-0.15, -0.1) is 0 Å². The number of para-hydroxylation sites is 1. The van der Waals surface area contributed by atoms with Gasteiger partial charge in [-0.05, 0) is 17.7 Å². The molecule has 0 bridgehead atoms. The van der Waals surface area contributed by atoms with Crippen LogP contribution in [0.2, 0.25) is 0 Å². The Labute approximate surface area is 93.6 Å². The second kappa shape index (κ2) is 3.17. The molecule has 0 spiro atoms. The quantitative estimate of drug-likeness (QED) is 0.563. The van der Waals surface area contributed by atoms with Gasteiger partial charge in [0.05, 0.1) is 11.4 Å². The molecule has 0 amide bonds. The Bertz CT molecular complexity index is 564. The predicted molar refractivity (Wildman–Crippen MR) is 64.6 cm³/mol. The third kappa shape index (κ3) is 1.21. The van der Waals surface area contributed by atoms with Gasteiger partial charge in [0, 0.05) is 12.0 Å². The number of anilines is 2. The van der Waals surface area contributed by atoms with Crippen LogP contribution in [0.15, 0.2) is 36.4 Å². The van der Waals surface area contributed by atoms with Crippen molar-refractivity contribution >= 4 is 11.4 Å². The van der Waals surface area contributed by atoms with Crippen molar-refractivity contribution in [3.05, 3.63) is 47.5 Å². The summed E-state index contributed by atoms with van der Waals surface area (Å²) >= 11 is 0. The summed E-state index contributed by atoms with van der Waals surface area (Å²) in [7, 11) is 0. The zero-order chi connectivity index (χ0) is 11.1. The van der Waals surface area contributed by atoms with Crippen LogP contribution in [0.5, 0.6) is 11.5 Å². The van der Waals surface area contributed by atoms with E-state index in [1.165, 1.54) is 5.56 Å². The van der Waals surface area contributed by atoms with E-state index in [0.717, 1.165) is 17.7 Å². The molecule has 0 radical (unpaired) electrons. The molecule has 2 aromatic rings. The number of benzene rings is 2. The minimum absolute atomic E-state index is 0.534. The number of hydrogen-bond acceptors (Lipinski definition) is 3. The van der Waals surface area contributed by atoms with Gasteiger partial charge in [0.15, 0.2) is 5.75 Å². The maximum absolute atomic E-state index is 5.91. The molecular weight excluding hydrogens is 200 g/mol. The van der Waals surface area contributed by atoms with Crippen molar-refractivity contribution in [2.45, 2.75) is 6.42 Å². The molecule has 2 aromatic carbocycles. The van der Waals surface area contributed by atoms with Gasteiger partial charge in [0.2, 0.25) is 0 Å². The van der Waals surface area contributed by atoms with E-state index < -0.39 is 0 Å². The lowest BCUT2D eigenvalue weighted by atomic mass is 9.99. The number of nitrogen functional groups attached to an aromatic ring is 2. The maximum atomic E-state index is 5.91. The van der Waals surface area contributed by atoms with E-state index in [0.29, 0.717) is 17.1 Å². The summed E-state index contributed by atoms with van der Waals surface area (Å²) in [6.07, 6.45) is 0.843. The van der Waals surface area contributed by atoms with E-state index >= 15 is 0 Å². The van der Waals surface area contributed by atoms with Gasteiger partial charge < -0.3 is 16.2 Å². The molecule has 3 rings (SSSR count). The zero-order valence-corrected chi connectivity index (χ0v) is 8.73. The van der Waals surface area contributed by atoms with Crippen LogP contribution in [0, 0.1) is 0 Å². The Morgan fingerprint density at radius 1 is 0.938 bits per heavy atom. The SMILES string of the molecule is Nc1ccc2c(c1N)Oc1ccccc1C2. The first-order valence-corrected chi connectivity index (χ1v) is 5.18. The van der Waals surface area contributed by atoms with E-state index in [1.54, 1.807) is 0 Å². The molecule has 80 valence electrons. The highest BCUT2D eigenvalue weighted by Gasteiger charge is 2.19. The average molecular weight is 212 g/mol. The Kier molecular flexibility index (Phi) is 1.80. The normalized spacial score (nSPS) is 12.5. The number of rotatable bonds is 0. The summed E-state index contributed by atoms with van der Waals surface area (Å²) < 4.78 is 5.78. The summed E-state index contributed by atoms with van der Waals surface area (Å²) in [4.78, 5) is 0. The Morgan fingerprint density at radius 2 is 1.75 bits per heavy atom. The van der Waals surface area contributed by atoms with E-state index in [9.17, 15) is 0 Å². The predicted octanol–water partition coefficient (Wildman–Crippen LogP) is 2.55. The molecular formula is C13H12N2O. The Morgan fingerprint density at radius 3 is 2.62 bits per heavy atom. The summed E-state index contributed by atoms with van der Waals surface area (Å²) in [5, 5.41) is 0. The molecule has 0 aliphatic carbocycles. The molecule has 1 aliphatic heterocycles. The minimum Gasteiger partial charge on any atom is -0.455 e. The standard InChI is InChI=1S/C13H12N2O/c14-10-6-5-9-7-8-3-1-2-4-11(8)16-13(9)12(10)15/h1-6H,7,14-15H2. The van der Waals surface area contributed by atoms with Crippen LogP contribution in [0.4, 0.5) is 11.4 Å². The van der Waals surface area contributed by atoms with Crippen molar-refractivity contribution in [1.82, 2.24) is 0 Å². The van der Waals surface area contributed by atoms with Crippen molar-refractivity contribution in [2.75, 3.05) is 11.5 Å². The van der Waals surface area contributed by atoms with Crippen LogP contribution in [-0.4, -0.2) is 0 Å². The van der Waals surface area contributed by atoms with Gasteiger partial charge >= 0.3 is 0 Å². The molecule has 16 heavy (non-hydrogen) atoms. The second-order valence-corrected chi connectivity index (χ2v) is 3.94. The van der Waals surface area contributed by atoms with Gasteiger partial charge in [-0.3, -0.25) is 0 Å². The molecule has 0 saturated heterocycles. The second-order valence-electron chi connectivity index (χ2n) is 3.94. The van der Waals surface area contributed by atoms with Gasteiger partial charge in [0.25, 0.3) is 0 Å². The van der Waals surface area contributed by atoms with E-state index in [-0.39, 0.29) is 0 Å². The van der Waals surface area contributed by atoms with Crippen molar-refractivity contribution in [3.63, 3.8) is 0 Å². The molecule has 0 unspecified atom stereocenters. The fraction of sp³-hybridized carbons (Fsp3) is 0.0769. The van der Waals surface area contributed by atoms with Gasteiger partial charge in [-0.25, -0.2) is 0 Å². The average Bonchev–Trinajstić information content (AvgIpc) is 2.32. The van der Waals surface area contributed by atoms with Gasteiger partial charge in [-0.2, -0.15) is 0 Å². The van der Waals surface area contributed by atoms with Gasteiger partial charge in [-0.1, -0.05) is 24.3 Å². The first-order chi connectivity index (χ1) is 7.75. The fourth-order valence-electron chi connectivity index (χ4n) is 1.98. The number of hydrogen-bond donors (Lipinski definition) is 2. The highest BCUT2D eigenvalue weighted by atomic mass is 16.5. The van der Waals surface area contributed by atoms with Crippen molar-refractivity contribution in [2.24, 2.45) is 0 Å². The third-order valence-corrected chi connectivity index (χ3v) is 2.88. The molecule has 1 aliphatic rings. The van der Waals surface area contributed by atoms with Crippen LogP contribution >= 0.6 is 0 Å². The van der Waals surface area contributed by atoms with Crippen molar-refractivity contribution < 1.29 is 4.74 Å². The lowest BCUT2D eigenvalue weighted by Crippen LogP contribution is -2.07. The molecule has 4 N–H and O–H groups in total. The highest BCUT2D eigenvalue weighted by molar-refractivity contribution is 5.75. The van der Waals surface area contributed by atoms with Crippen molar-refractivity contribution in [1.29, 1.82) is 0 Å². The van der Waals surface area contributed by atoms with Crippen LogP contribution < -0.4 is 16.2 Å². The third-order valence-electron chi connectivity index (χ3n) is 2.88. The lowest BCUT2D eigenvalue weighted by Gasteiger charge is -2.22. The maximum Gasteiger partial charge on any atom is 0.155 e. The number of nitrogens with two attached hydrogens (primary N) is 2. The Hall–Kier alpha value is -2.16. The Balaban J connectivity index is 2.16. The fourth-order valence-corrected chi connectivity index (χ4v) is 1.98. The smallest absolute Gasteiger partial charge is 0.155 e. The number of fused-ring (bicyclic) bond motifs is 2. The van der Waals surface area contributed by atoms with Crippen LogP contribution in [-0.2, 0) is 6.42 Å². The van der Waals surface area contributed by atoms with E-state index in [2.05, 4.69) is 6.07 Å². The van der Waals surface area contributed by atoms with E-state index in [4.69, 9.17) is 16.2 Å². The molecule has 3 heteroatoms. The molecule has 1 heterocycles. The van der Waals surface area contributed by atoms with Crippen LogP contribution in [0.25, 0.3) is 0 Å². The summed E-state index contributed by atoms with van der Waals surface area (Å²) in [5.41, 5.74) is 15.0. The van der Waals surface area contributed by atoms with Gasteiger partial charge in [0.1, 0.15) is 5.75 Å². The summed E-state index contributed by atoms with van der Waals surface area (Å²) in [5.74, 6) is 1.58. The summed E-state index contributed by atoms with van der Waals surface area (Å²) in [6.45, 7) is 0. The monoisotopic (exact) mass is 212 g/mol. The van der Waals surface area contributed by atoms with Crippen LogP contribution in [0.3, 0.4) is 0 Å². The summed E-state index contributed by atoms with van der Waals surface area (Å²) in [6, 6.07) is 11.8. The zero-order valence-electron chi connectivity index (χ0n) is 8.73. The highest BCUT2D eigenvalue weighted by Crippen LogP contribution is 2.41. The minimum atomic E-state index is 0.534. The van der Waals surface area contributed by atoms with E-state index in [1.807, 2.05) is 30.3 Å². The lowest BCUT2D eigenvalue weighted by molar-refractivity contribution is 0.463. The first kappa shape index (κ1) is 9.09. The van der Waals surface area contributed by atoms with Crippen molar-refractivity contribution in [3.8, 4) is 11.5 Å². The topological polar surface area (TPSA) is 61.3 Å². The molecule has 0 fully saturated rings. The molecule has 0 saturated carbocycles. The first-order valence-electron chi connectivity index (χ1n) is 5.18. The molecule has 0 atom stereocenters. The van der Waals surface area contributed by atoms with Crippen LogP contribution in [0.1, 0.15) is 11.1 Å². The molecule has 3 nitrogen and oxygen atoms in total. The largest absolute Gasteiger partial charge is 0.455 e. The molecule has 0 aromatic heterocycles. The number of ether oxygens (including phenoxy) is 1.